The van der Waals surface area contributed by atoms with Gasteiger partial charge in [-0.1, -0.05) is 24.3 Å². The third-order valence-electron chi connectivity index (χ3n) is 3.70. The van der Waals surface area contributed by atoms with E-state index in [9.17, 15) is 4.79 Å². The first kappa shape index (κ1) is 15.0. The number of para-hydroxylation sites is 1. The molecule has 1 aromatic carbocycles. The molecule has 2 heterocycles. The van der Waals surface area contributed by atoms with Gasteiger partial charge in [0.2, 0.25) is 0 Å². The molecule has 0 aliphatic carbocycles. The van der Waals surface area contributed by atoms with Crippen LogP contribution in [0.4, 0.5) is 0 Å². The molecular weight excluding hydrogens is 288 g/mol. The number of nitrogens with zero attached hydrogens (tertiary/aromatic N) is 2. The van der Waals surface area contributed by atoms with Crippen LogP contribution in [0, 0.1) is 0 Å². The minimum absolute atomic E-state index is 0.339. The Morgan fingerprint density at radius 3 is 2.83 bits per heavy atom. The number of benzene rings is 1. The zero-order valence-corrected chi connectivity index (χ0v) is 13.2. The maximum Gasteiger partial charge on any atom is 0.338 e. The van der Waals surface area contributed by atoms with Crippen LogP contribution in [0.25, 0.3) is 22.6 Å². The lowest BCUT2D eigenvalue weighted by atomic mass is 10.0. The number of aryl methyl sites for hydroxylation is 1. The Morgan fingerprint density at radius 2 is 2.09 bits per heavy atom. The van der Waals surface area contributed by atoms with E-state index < -0.39 is 0 Å². The first-order valence-electron chi connectivity index (χ1n) is 7.54. The van der Waals surface area contributed by atoms with E-state index in [-0.39, 0.29) is 5.97 Å². The Bertz CT molecular complexity index is 863. The monoisotopic (exact) mass is 306 g/mol. The van der Waals surface area contributed by atoms with Gasteiger partial charge in [-0.3, -0.25) is 4.98 Å². The number of ether oxygens (including phenoxy) is 1. The molecule has 0 bridgehead atoms. The summed E-state index contributed by atoms with van der Waals surface area (Å²) in [6.45, 7) is 2.14. The van der Waals surface area contributed by atoms with Crippen molar-refractivity contribution in [2.24, 2.45) is 7.05 Å². The van der Waals surface area contributed by atoms with Gasteiger partial charge in [0, 0.05) is 47.7 Å². The highest BCUT2D eigenvalue weighted by Gasteiger charge is 2.15. The van der Waals surface area contributed by atoms with E-state index in [0.717, 1.165) is 22.0 Å². The lowest BCUT2D eigenvalue weighted by Crippen LogP contribution is -2.07. The molecule has 0 aliphatic heterocycles. The maximum absolute atomic E-state index is 12.4. The minimum Gasteiger partial charge on any atom is -0.462 e. The quantitative estimate of drug-likeness (QED) is 0.545. The van der Waals surface area contributed by atoms with Gasteiger partial charge in [0.05, 0.1) is 12.2 Å². The zero-order chi connectivity index (χ0) is 16.2. The topological polar surface area (TPSA) is 44.1 Å². The molecule has 0 saturated heterocycles. The van der Waals surface area contributed by atoms with E-state index in [1.165, 1.54) is 0 Å². The van der Waals surface area contributed by atoms with Crippen LogP contribution in [-0.2, 0) is 16.6 Å². The molecule has 4 nitrogen and oxygen atoms in total. The van der Waals surface area contributed by atoms with Gasteiger partial charge in [-0.05, 0) is 25.1 Å². The normalized spacial score (nSPS) is 11.7. The molecule has 3 aromatic rings. The Balaban J connectivity index is 2.15. The van der Waals surface area contributed by atoms with Crippen molar-refractivity contribution in [2.45, 2.75) is 6.92 Å². The van der Waals surface area contributed by atoms with Crippen molar-refractivity contribution in [3.05, 3.63) is 66.1 Å². The highest BCUT2D eigenvalue weighted by molar-refractivity contribution is 6.22. The summed E-state index contributed by atoms with van der Waals surface area (Å²) in [6, 6.07) is 11.8. The van der Waals surface area contributed by atoms with E-state index in [1.807, 2.05) is 54.2 Å². The predicted octanol–water partition coefficient (Wildman–Crippen LogP) is 3.68. The van der Waals surface area contributed by atoms with Crippen molar-refractivity contribution in [3.8, 4) is 0 Å². The van der Waals surface area contributed by atoms with E-state index in [2.05, 4.69) is 11.1 Å². The second-order valence-corrected chi connectivity index (χ2v) is 5.23. The van der Waals surface area contributed by atoms with E-state index in [4.69, 9.17) is 4.74 Å². The van der Waals surface area contributed by atoms with Crippen molar-refractivity contribution in [1.29, 1.82) is 0 Å². The zero-order valence-electron chi connectivity index (χ0n) is 13.2. The van der Waals surface area contributed by atoms with Gasteiger partial charge in [0.15, 0.2) is 0 Å². The van der Waals surface area contributed by atoms with E-state index >= 15 is 0 Å². The Hall–Kier alpha value is -2.88. The number of fused-ring (bicyclic) bond motifs is 1. The number of carbonyl (C=O) groups is 1. The third-order valence-corrected chi connectivity index (χ3v) is 3.70. The first-order chi connectivity index (χ1) is 11.2. The highest BCUT2D eigenvalue weighted by Crippen LogP contribution is 2.26. The largest absolute Gasteiger partial charge is 0.462 e. The second kappa shape index (κ2) is 6.48. The van der Waals surface area contributed by atoms with Gasteiger partial charge >= 0.3 is 5.97 Å². The third kappa shape index (κ3) is 3.01. The molecule has 4 heteroatoms. The van der Waals surface area contributed by atoms with E-state index in [1.54, 1.807) is 19.3 Å². The molecule has 0 atom stereocenters. The molecule has 116 valence electrons. The number of esters is 1. The molecule has 0 radical (unpaired) electrons. The lowest BCUT2D eigenvalue weighted by Gasteiger charge is -2.06. The Morgan fingerprint density at radius 1 is 1.26 bits per heavy atom. The molecule has 0 saturated carbocycles. The number of hydrogen-bond acceptors (Lipinski definition) is 3. The summed E-state index contributed by atoms with van der Waals surface area (Å²) >= 11 is 0. The average molecular weight is 306 g/mol. The second-order valence-electron chi connectivity index (χ2n) is 5.23. The first-order valence-corrected chi connectivity index (χ1v) is 7.54. The fourth-order valence-electron chi connectivity index (χ4n) is 2.63. The standard InChI is InChI=1S/C19H18N2O2/c1-3-23-19(22)17(14-7-6-10-20-12-14)11-15-13-21(2)18-9-5-4-8-16(15)18/h4-13H,3H2,1-2H3/b17-11+. The van der Waals surface area contributed by atoms with Crippen LogP contribution in [0.3, 0.4) is 0 Å². The number of carbonyl (C=O) groups excluding carboxylic acids is 1. The van der Waals surface area contributed by atoms with Gasteiger partial charge < -0.3 is 9.30 Å². The van der Waals surface area contributed by atoms with Crippen LogP contribution in [0.15, 0.2) is 55.0 Å². The van der Waals surface area contributed by atoms with Crippen molar-refractivity contribution in [2.75, 3.05) is 6.61 Å². The fourth-order valence-corrected chi connectivity index (χ4v) is 2.63. The van der Waals surface area contributed by atoms with Gasteiger partial charge in [-0.15, -0.1) is 0 Å². The summed E-state index contributed by atoms with van der Waals surface area (Å²) in [5, 5.41) is 1.10. The van der Waals surface area contributed by atoms with Crippen LogP contribution in [-0.4, -0.2) is 22.1 Å². The van der Waals surface area contributed by atoms with Gasteiger partial charge in [0.1, 0.15) is 0 Å². The summed E-state index contributed by atoms with van der Waals surface area (Å²) in [4.78, 5) is 16.5. The minimum atomic E-state index is -0.339. The SMILES string of the molecule is CCOC(=O)/C(=C/c1cn(C)c2ccccc12)c1cccnc1. The maximum atomic E-state index is 12.4. The van der Waals surface area contributed by atoms with Crippen LogP contribution in [0.5, 0.6) is 0 Å². The van der Waals surface area contributed by atoms with Crippen LogP contribution < -0.4 is 0 Å². The molecule has 3 rings (SSSR count). The number of hydrogen-bond donors (Lipinski definition) is 0. The molecule has 23 heavy (non-hydrogen) atoms. The van der Waals surface area contributed by atoms with Crippen LogP contribution in [0.1, 0.15) is 18.1 Å². The molecule has 0 amide bonds. The van der Waals surface area contributed by atoms with E-state index in [0.29, 0.717) is 12.2 Å². The van der Waals surface area contributed by atoms with Crippen LogP contribution in [0.2, 0.25) is 0 Å². The number of aromatic nitrogens is 2. The molecule has 0 aliphatic rings. The fraction of sp³-hybridized carbons (Fsp3) is 0.158. The highest BCUT2D eigenvalue weighted by atomic mass is 16.5. The Labute approximate surface area is 135 Å². The van der Waals surface area contributed by atoms with Crippen molar-refractivity contribution in [1.82, 2.24) is 9.55 Å². The molecule has 0 spiro atoms. The lowest BCUT2D eigenvalue weighted by molar-refractivity contribution is -0.136. The smallest absolute Gasteiger partial charge is 0.338 e. The van der Waals surface area contributed by atoms with Gasteiger partial charge in [-0.2, -0.15) is 0 Å². The summed E-state index contributed by atoms with van der Waals surface area (Å²) < 4.78 is 7.26. The van der Waals surface area contributed by atoms with Crippen molar-refractivity contribution < 1.29 is 9.53 Å². The van der Waals surface area contributed by atoms with Crippen molar-refractivity contribution >= 4 is 28.5 Å². The van der Waals surface area contributed by atoms with Crippen molar-refractivity contribution in [3.63, 3.8) is 0 Å². The molecular formula is C19H18N2O2. The molecule has 0 fully saturated rings. The molecule has 0 unspecified atom stereocenters. The number of pyridine rings is 1. The summed E-state index contributed by atoms with van der Waals surface area (Å²) in [5.41, 5.74) is 3.36. The molecule has 0 N–H and O–H groups in total. The average Bonchev–Trinajstić information content (AvgIpc) is 2.90. The predicted molar refractivity (Wildman–Crippen MR) is 91.7 cm³/mol. The summed E-state index contributed by atoms with van der Waals surface area (Å²) in [5.74, 6) is -0.339. The Kier molecular flexibility index (Phi) is 4.24. The van der Waals surface area contributed by atoms with Gasteiger partial charge in [0.25, 0.3) is 0 Å². The number of rotatable bonds is 4. The summed E-state index contributed by atoms with van der Waals surface area (Å²) in [7, 11) is 1.99. The molecule has 2 aromatic heterocycles. The van der Waals surface area contributed by atoms with Crippen LogP contribution >= 0.6 is 0 Å². The summed E-state index contributed by atoms with van der Waals surface area (Å²) in [6.07, 6.45) is 7.25. The van der Waals surface area contributed by atoms with Gasteiger partial charge in [-0.25, -0.2) is 4.79 Å².